The van der Waals surface area contributed by atoms with E-state index in [4.69, 9.17) is 0 Å². The summed E-state index contributed by atoms with van der Waals surface area (Å²) in [5.74, 6) is 0.388. The first-order valence-electron chi connectivity index (χ1n) is 13.3. The number of halogens is 3. The average molecular weight is 485 g/mol. The van der Waals surface area contributed by atoms with Crippen molar-refractivity contribution < 1.29 is 17.9 Å². The van der Waals surface area contributed by atoms with Gasteiger partial charge in [-0.1, -0.05) is 101 Å². The molecule has 2 aliphatic heterocycles. The maximum absolute atomic E-state index is 14.0. The second-order valence-electron chi connectivity index (χ2n) is 10.5. The van der Waals surface area contributed by atoms with Crippen molar-refractivity contribution in [3.63, 3.8) is 0 Å². The summed E-state index contributed by atoms with van der Waals surface area (Å²) in [4.78, 5) is 0. The molecule has 0 aromatic heterocycles. The highest BCUT2D eigenvalue weighted by molar-refractivity contribution is 6.59. The van der Waals surface area contributed by atoms with Crippen LogP contribution >= 0.6 is 0 Å². The Morgan fingerprint density at radius 3 is 2.12 bits per heavy atom. The van der Waals surface area contributed by atoms with Gasteiger partial charge < -0.3 is 4.74 Å². The summed E-state index contributed by atoms with van der Waals surface area (Å²) in [5, 5.41) is 0. The highest BCUT2D eigenvalue weighted by Crippen LogP contribution is 2.37. The molecule has 2 saturated heterocycles. The molecule has 2 fully saturated rings. The average Bonchev–Trinajstić information content (AvgIpc) is 2.79. The van der Waals surface area contributed by atoms with Crippen molar-refractivity contribution in [1.82, 2.24) is 0 Å². The van der Waals surface area contributed by atoms with Gasteiger partial charge in [0, 0.05) is 17.6 Å². The number of benzene rings is 1. The van der Waals surface area contributed by atoms with Crippen LogP contribution in [-0.4, -0.2) is 24.2 Å². The van der Waals surface area contributed by atoms with Gasteiger partial charge in [0.25, 0.3) is 0 Å². The zero-order valence-corrected chi connectivity index (χ0v) is 22.3. The minimum atomic E-state index is -2.98. The fraction of sp³-hybridized carbons (Fsp3) is 0.769. The summed E-state index contributed by atoms with van der Waals surface area (Å²) in [7, 11) is -1.00. The van der Waals surface area contributed by atoms with Gasteiger partial charge in [-0.25, -0.2) is 4.39 Å². The topological polar surface area (TPSA) is 9.23 Å². The third-order valence-corrected chi connectivity index (χ3v) is 15.2. The zero-order valence-electron chi connectivity index (χ0n) is 20.0. The van der Waals surface area contributed by atoms with Crippen molar-refractivity contribution in [2.45, 2.75) is 120 Å². The van der Waals surface area contributed by atoms with E-state index < -0.39 is 21.2 Å². The summed E-state index contributed by atoms with van der Waals surface area (Å²) >= 11 is 0. The Morgan fingerprint density at radius 1 is 0.906 bits per heavy atom. The van der Waals surface area contributed by atoms with E-state index in [1.165, 1.54) is 81.6 Å². The Kier molecular flexibility index (Phi) is 11.2. The van der Waals surface area contributed by atoms with Gasteiger partial charge in [-0.2, -0.15) is 8.78 Å². The Bertz CT molecular complexity index is 656. The van der Waals surface area contributed by atoms with E-state index in [2.05, 4.69) is 11.7 Å². The quantitative estimate of drug-likeness (QED) is 0.213. The molecular formula is C26H43F3OSi2. The molecule has 0 saturated carbocycles. The second kappa shape index (κ2) is 13.8. The van der Waals surface area contributed by atoms with Crippen molar-refractivity contribution in [2.24, 2.45) is 5.92 Å². The van der Waals surface area contributed by atoms with E-state index in [0.717, 1.165) is 24.3 Å². The molecule has 0 unspecified atom stereocenters. The molecule has 0 amide bonds. The van der Waals surface area contributed by atoms with Crippen molar-refractivity contribution in [2.75, 3.05) is 0 Å². The first kappa shape index (κ1) is 25.9. The van der Waals surface area contributed by atoms with E-state index in [1.54, 1.807) is 24.2 Å². The fourth-order valence-electron chi connectivity index (χ4n) is 6.10. The summed E-state index contributed by atoms with van der Waals surface area (Å²) in [5.41, 5.74) is 0.949. The maximum Gasteiger partial charge on any atom is 0.387 e. The maximum atomic E-state index is 14.0. The van der Waals surface area contributed by atoms with Gasteiger partial charge in [-0.05, 0) is 42.4 Å². The lowest BCUT2D eigenvalue weighted by Crippen LogP contribution is -2.22. The van der Waals surface area contributed by atoms with Gasteiger partial charge in [0.05, 0.1) is 0 Å². The predicted octanol–water partition coefficient (Wildman–Crippen LogP) is 8.53. The Morgan fingerprint density at radius 2 is 1.53 bits per heavy atom. The molecule has 2 heterocycles. The van der Waals surface area contributed by atoms with Crippen LogP contribution in [0.1, 0.15) is 82.6 Å². The van der Waals surface area contributed by atoms with Gasteiger partial charge in [-0.3, -0.25) is 0 Å². The molecule has 3 rings (SSSR count). The van der Waals surface area contributed by atoms with E-state index in [1.807, 2.05) is 0 Å². The van der Waals surface area contributed by atoms with Gasteiger partial charge in [-0.15, -0.1) is 0 Å². The van der Waals surface area contributed by atoms with Crippen molar-refractivity contribution in [3.05, 3.63) is 29.6 Å². The van der Waals surface area contributed by atoms with Gasteiger partial charge in [0.1, 0.15) is 0 Å². The Labute approximate surface area is 196 Å². The van der Waals surface area contributed by atoms with Crippen LogP contribution in [-0.2, 0) is 0 Å². The molecule has 32 heavy (non-hydrogen) atoms. The predicted molar refractivity (Wildman–Crippen MR) is 134 cm³/mol. The number of rotatable bonds is 12. The largest absolute Gasteiger partial charge is 0.432 e. The molecule has 182 valence electrons. The van der Waals surface area contributed by atoms with Crippen LogP contribution < -0.4 is 4.74 Å². The van der Waals surface area contributed by atoms with Crippen molar-refractivity contribution in [1.29, 1.82) is 0 Å². The van der Waals surface area contributed by atoms with Gasteiger partial charge in [0.2, 0.25) is 0 Å². The summed E-state index contributed by atoms with van der Waals surface area (Å²) in [6.45, 7) is -0.673. The first-order valence-corrected chi connectivity index (χ1v) is 18.2. The smallest absolute Gasteiger partial charge is 0.387 e. The lowest BCUT2D eigenvalue weighted by molar-refractivity contribution is -0.0522. The molecule has 0 radical (unpaired) electrons. The SMILES string of the molecule is CCCCC[Si@H]1CC[C@H](CCCC[Si@H]2CC[C@H](c3ccc(OC(F)F)c(F)c3)CC2)CC1. The van der Waals surface area contributed by atoms with Crippen molar-refractivity contribution in [3.8, 4) is 5.75 Å². The number of hydrogen-bond acceptors (Lipinski definition) is 1. The van der Waals surface area contributed by atoms with E-state index >= 15 is 0 Å². The lowest BCUT2D eigenvalue weighted by atomic mass is 9.93. The molecule has 0 N–H and O–H groups in total. The highest BCUT2D eigenvalue weighted by atomic mass is 28.3. The molecule has 1 aromatic carbocycles. The lowest BCUT2D eigenvalue weighted by Gasteiger charge is -2.29. The molecule has 1 nitrogen and oxygen atoms in total. The normalized spacial score (nSPS) is 26.4. The van der Waals surface area contributed by atoms with Crippen LogP contribution in [0.3, 0.4) is 0 Å². The molecule has 0 aliphatic carbocycles. The minimum Gasteiger partial charge on any atom is -0.432 e. The van der Waals surface area contributed by atoms with E-state index in [0.29, 0.717) is 5.92 Å². The second-order valence-corrected chi connectivity index (χ2v) is 17.4. The van der Waals surface area contributed by atoms with Gasteiger partial charge in [0.15, 0.2) is 11.6 Å². The monoisotopic (exact) mass is 484 g/mol. The Hall–Kier alpha value is -0.756. The number of unbranched alkanes of at least 4 members (excludes halogenated alkanes) is 3. The van der Waals surface area contributed by atoms with E-state index in [-0.39, 0.29) is 14.5 Å². The van der Waals surface area contributed by atoms with Crippen LogP contribution in [0.5, 0.6) is 5.75 Å². The third-order valence-electron chi connectivity index (χ3n) is 8.15. The van der Waals surface area contributed by atoms with Crippen LogP contribution in [0.15, 0.2) is 18.2 Å². The molecule has 6 heteroatoms. The van der Waals surface area contributed by atoms with Gasteiger partial charge >= 0.3 is 6.61 Å². The van der Waals surface area contributed by atoms with Crippen LogP contribution in [0.2, 0.25) is 36.3 Å². The summed E-state index contributed by atoms with van der Waals surface area (Å²) < 4.78 is 42.9. The molecule has 0 spiro atoms. The zero-order chi connectivity index (χ0) is 22.8. The van der Waals surface area contributed by atoms with Crippen LogP contribution in [0.4, 0.5) is 13.2 Å². The molecule has 0 atom stereocenters. The molecular weight excluding hydrogens is 441 g/mol. The van der Waals surface area contributed by atoms with E-state index in [9.17, 15) is 13.2 Å². The number of ether oxygens (including phenoxy) is 1. The molecule has 1 aromatic rings. The number of alkyl halides is 2. The first-order chi connectivity index (χ1) is 15.5. The fourth-order valence-corrected chi connectivity index (χ4v) is 13.2. The third kappa shape index (κ3) is 8.55. The molecule has 2 aliphatic rings. The molecule has 0 bridgehead atoms. The van der Waals surface area contributed by atoms with Crippen LogP contribution in [0, 0.1) is 11.7 Å². The summed E-state index contributed by atoms with van der Waals surface area (Å²) in [6.07, 6.45) is 13.9. The number of hydrogen-bond donors (Lipinski definition) is 0. The standard InChI is InChI=1S/C26H43F3OSi2/c1-2-3-5-14-31-16-10-21(11-17-31)7-4-6-15-32-18-12-22(13-19-32)23-8-9-25(24(27)20-23)30-26(28)29/h8-9,20-22,26,31-32H,2-7,10-19H2,1H3/t21-,22-,31-,32-. The Balaban J connectivity index is 1.27. The highest BCUT2D eigenvalue weighted by Gasteiger charge is 2.25. The minimum absolute atomic E-state index is 0.348. The van der Waals surface area contributed by atoms with Crippen molar-refractivity contribution >= 4 is 17.6 Å². The summed E-state index contributed by atoms with van der Waals surface area (Å²) in [6, 6.07) is 13.5. The van der Waals surface area contributed by atoms with Crippen LogP contribution in [0.25, 0.3) is 0 Å².